The molecule has 68 valence electrons. The van der Waals surface area contributed by atoms with Crippen molar-refractivity contribution < 1.29 is 13.2 Å². The summed E-state index contributed by atoms with van der Waals surface area (Å²) in [5.74, 6) is -0.427. The standard InChI is InChI=1S/C7H11NO3S/c1-2-3-5-8-7(9)4-6-12(8,10)11/h4,6H,2-3,5H2,1H3. The van der Waals surface area contributed by atoms with Gasteiger partial charge in [-0.3, -0.25) is 4.79 Å². The molecule has 0 N–H and O–H groups in total. The lowest BCUT2D eigenvalue weighted by molar-refractivity contribution is -0.121. The molecular formula is C7H11NO3S. The molecule has 0 saturated carbocycles. The summed E-state index contributed by atoms with van der Waals surface area (Å²) in [7, 11) is -3.41. The van der Waals surface area contributed by atoms with Crippen molar-refractivity contribution in [3.05, 3.63) is 11.5 Å². The Bertz CT molecular complexity index is 305. The molecule has 4 nitrogen and oxygen atoms in total. The van der Waals surface area contributed by atoms with Crippen LogP contribution in [-0.2, 0) is 14.8 Å². The normalized spacial score (nSPS) is 20.4. The second kappa shape index (κ2) is 3.26. The fourth-order valence-corrected chi connectivity index (χ4v) is 2.10. The van der Waals surface area contributed by atoms with Crippen LogP contribution in [-0.4, -0.2) is 25.2 Å². The van der Waals surface area contributed by atoms with E-state index in [0.29, 0.717) is 13.0 Å². The highest BCUT2D eigenvalue weighted by atomic mass is 32.2. The molecule has 0 spiro atoms. The van der Waals surface area contributed by atoms with Gasteiger partial charge in [0.2, 0.25) is 0 Å². The fraction of sp³-hybridized carbons (Fsp3) is 0.571. The first-order valence-electron chi connectivity index (χ1n) is 3.82. The number of unbranched alkanes of at least 4 members (excludes halogenated alkanes) is 1. The molecule has 0 saturated heterocycles. The van der Waals surface area contributed by atoms with Gasteiger partial charge in [0.15, 0.2) is 0 Å². The lowest BCUT2D eigenvalue weighted by Gasteiger charge is -2.13. The van der Waals surface area contributed by atoms with E-state index in [2.05, 4.69) is 0 Å². The average molecular weight is 189 g/mol. The van der Waals surface area contributed by atoms with E-state index in [1.807, 2.05) is 6.92 Å². The second-order valence-electron chi connectivity index (χ2n) is 2.61. The van der Waals surface area contributed by atoms with E-state index in [-0.39, 0.29) is 0 Å². The summed E-state index contributed by atoms with van der Waals surface area (Å²) in [6, 6.07) is 0. The van der Waals surface area contributed by atoms with Crippen molar-refractivity contribution in [2.75, 3.05) is 6.54 Å². The van der Waals surface area contributed by atoms with Crippen LogP contribution in [0.3, 0.4) is 0 Å². The molecule has 0 aromatic rings. The van der Waals surface area contributed by atoms with Crippen molar-refractivity contribution in [3.8, 4) is 0 Å². The van der Waals surface area contributed by atoms with E-state index in [1.54, 1.807) is 0 Å². The van der Waals surface area contributed by atoms with Gasteiger partial charge in [0.05, 0.1) is 5.41 Å². The van der Waals surface area contributed by atoms with Crippen LogP contribution in [0.1, 0.15) is 19.8 Å². The predicted molar refractivity (Wildman–Crippen MR) is 44.7 cm³/mol. The highest BCUT2D eigenvalue weighted by molar-refractivity contribution is 7.93. The van der Waals surface area contributed by atoms with Crippen LogP contribution in [0.15, 0.2) is 11.5 Å². The molecule has 0 atom stereocenters. The SMILES string of the molecule is CCCCN1C(=O)C=CS1(=O)=O. The molecule has 1 rings (SSSR count). The monoisotopic (exact) mass is 189 g/mol. The number of sulfonamides is 1. The van der Waals surface area contributed by atoms with Gasteiger partial charge in [0, 0.05) is 12.6 Å². The third-order valence-electron chi connectivity index (χ3n) is 1.65. The number of rotatable bonds is 3. The van der Waals surface area contributed by atoms with Gasteiger partial charge in [0.25, 0.3) is 15.9 Å². The largest absolute Gasteiger partial charge is 0.269 e. The Kier molecular flexibility index (Phi) is 2.52. The number of nitrogens with zero attached hydrogens (tertiary/aromatic N) is 1. The summed E-state index contributed by atoms with van der Waals surface area (Å²) in [5, 5.41) is 0.949. The molecule has 0 radical (unpaired) electrons. The number of hydrogen-bond acceptors (Lipinski definition) is 3. The van der Waals surface area contributed by atoms with Gasteiger partial charge in [-0.2, -0.15) is 0 Å². The summed E-state index contributed by atoms with van der Waals surface area (Å²) in [5.41, 5.74) is 0. The van der Waals surface area contributed by atoms with E-state index in [0.717, 1.165) is 22.2 Å². The molecule has 0 bridgehead atoms. The summed E-state index contributed by atoms with van der Waals surface area (Å²) in [6.45, 7) is 2.24. The lowest BCUT2D eigenvalue weighted by atomic mass is 10.3. The molecule has 0 fully saturated rings. The molecule has 0 aromatic heterocycles. The van der Waals surface area contributed by atoms with Crippen LogP contribution < -0.4 is 0 Å². The lowest BCUT2D eigenvalue weighted by Crippen LogP contribution is -2.30. The van der Waals surface area contributed by atoms with Gasteiger partial charge in [-0.05, 0) is 6.42 Å². The van der Waals surface area contributed by atoms with Gasteiger partial charge in [0.1, 0.15) is 0 Å². The Morgan fingerprint density at radius 1 is 1.50 bits per heavy atom. The van der Waals surface area contributed by atoms with Gasteiger partial charge in [-0.15, -0.1) is 0 Å². The van der Waals surface area contributed by atoms with Gasteiger partial charge < -0.3 is 0 Å². The number of carbonyl (C=O) groups excluding carboxylic acids is 1. The Labute approximate surface area is 71.9 Å². The molecule has 5 heteroatoms. The van der Waals surface area contributed by atoms with Crippen molar-refractivity contribution in [2.24, 2.45) is 0 Å². The maximum absolute atomic E-state index is 11.1. The van der Waals surface area contributed by atoms with E-state index < -0.39 is 15.9 Å². The molecule has 1 aliphatic heterocycles. The van der Waals surface area contributed by atoms with E-state index in [9.17, 15) is 13.2 Å². The minimum atomic E-state index is -3.41. The Morgan fingerprint density at radius 3 is 2.58 bits per heavy atom. The van der Waals surface area contributed by atoms with Gasteiger partial charge >= 0.3 is 0 Å². The zero-order valence-electron chi connectivity index (χ0n) is 6.86. The first-order chi connectivity index (χ1) is 5.58. The van der Waals surface area contributed by atoms with E-state index in [1.165, 1.54) is 0 Å². The minimum Gasteiger partial charge on any atom is -0.269 e. The predicted octanol–water partition coefficient (Wildman–Crippen LogP) is 0.472. The number of amides is 1. The molecule has 0 aromatic carbocycles. The van der Waals surface area contributed by atoms with Gasteiger partial charge in [-0.1, -0.05) is 13.3 Å². The van der Waals surface area contributed by atoms with Crippen LogP contribution in [0, 0.1) is 0 Å². The summed E-state index contributed by atoms with van der Waals surface area (Å²) in [4.78, 5) is 11.0. The van der Waals surface area contributed by atoms with Crippen molar-refractivity contribution >= 4 is 15.9 Å². The first-order valence-corrected chi connectivity index (χ1v) is 5.33. The smallest absolute Gasteiger partial charge is 0.261 e. The first kappa shape index (κ1) is 9.25. The van der Waals surface area contributed by atoms with Crippen LogP contribution in [0.5, 0.6) is 0 Å². The highest BCUT2D eigenvalue weighted by Gasteiger charge is 2.28. The maximum Gasteiger partial charge on any atom is 0.261 e. The Balaban J connectivity index is 2.71. The molecule has 12 heavy (non-hydrogen) atoms. The summed E-state index contributed by atoms with van der Waals surface area (Å²) >= 11 is 0. The third-order valence-corrected chi connectivity index (χ3v) is 3.11. The maximum atomic E-state index is 11.1. The molecule has 1 heterocycles. The molecule has 1 aliphatic rings. The van der Waals surface area contributed by atoms with E-state index >= 15 is 0 Å². The second-order valence-corrected chi connectivity index (χ2v) is 4.35. The molecule has 0 aliphatic carbocycles. The minimum absolute atomic E-state index is 0.296. The summed E-state index contributed by atoms with van der Waals surface area (Å²) in [6.07, 6.45) is 2.68. The number of hydrogen-bond donors (Lipinski definition) is 0. The van der Waals surface area contributed by atoms with Crippen molar-refractivity contribution in [1.82, 2.24) is 4.31 Å². The Hall–Kier alpha value is -0.840. The quantitative estimate of drug-likeness (QED) is 0.648. The molecule has 0 unspecified atom stereocenters. The van der Waals surface area contributed by atoms with Gasteiger partial charge in [-0.25, -0.2) is 12.7 Å². The highest BCUT2D eigenvalue weighted by Crippen LogP contribution is 2.13. The molecule has 1 amide bonds. The zero-order chi connectivity index (χ0) is 9.19. The van der Waals surface area contributed by atoms with Crippen LogP contribution in [0.25, 0.3) is 0 Å². The van der Waals surface area contributed by atoms with Crippen molar-refractivity contribution in [2.45, 2.75) is 19.8 Å². The third kappa shape index (κ3) is 1.66. The average Bonchev–Trinajstić information content (AvgIpc) is 2.24. The topological polar surface area (TPSA) is 54.5 Å². The van der Waals surface area contributed by atoms with Crippen LogP contribution in [0.4, 0.5) is 0 Å². The zero-order valence-corrected chi connectivity index (χ0v) is 7.67. The van der Waals surface area contributed by atoms with Crippen molar-refractivity contribution in [1.29, 1.82) is 0 Å². The van der Waals surface area contributed by atoms with Crippen LogP contribution in [0.2, 0.25) is 0 Å². The molecular weight excluding hydrogens is 178 g/mol. The number of carbonyl (C=O) groups is 1. The summed E-state index contributed by atoms with van der Waals surface area (Å²) < 4.78 is 23.1. The Morgan fingerprint density at radius 2 is 2.17 bits per heavy atom. The fourth-order valence-electron chi connectivity index (χ4n) is 0.965. The van der Waals surface area contributed by atoms with Crippen LogP contribution >= 0.6 is 0 Å². The van der Waals surface area contributed by atoms with E-state index in [4.69, 9.17) is 0 Å². The van der Waals surface area contributed by atoms with Crippen molar-refractivity contribution in [3.63, 3.8) is 0 Å².